The molecule has 116 valence electrons. The van der Waals surface area contributed by atoms with Crippen molar-refractivity contribution in [3.8, 4) is 0 Å². The number of halogens is 5. The fourth-order valence-electron chi connectivity index (χ4n) is 1.51. The number of carbonyl (C=O) groups excluding carboxylic acids is 1. The van der Waals surface area contributed by atoms with Gasteiger partial charge >= 0.3 is 11.9 Å². The molecular weight excluding hydrogens is 364 g/mol. The van der Waals surface area contributed by atoms with Crippen LogP contribution in [0.2, 0.25) is 0 Å². The van der Waals surface area contributed by atoms with Crippen molar-refractivity contribution in [1.29, 1.82) is 0 Å². The summed E-state index contributed by atoms with van der Waals surface area (Å²) >= 11 is 2.94. The van der Waals surface area contributed by atoms with Crippen molar-refractivity contribution in [2.24, 2.45) is 0 Å². The predicted octanol–water partition coefficient (Wildman–Crippen LogP) is 3.28. The Morgan fingerprint density at radius 1 is 1.48 bits per heavy atom. The number of nitrogens with one attached hydrogen (secondary N) is 1. The molecule has 0 spiro atoms. The second-order valence-electron chi connectivity index (χ2n) is 4.14. The molecule has 0 aliphatic carbocycles. The lowest BCUT2D eigenvalue weighted by atomic mass is 9.99. The summed E-state index contributed by atoms with van der Waals surface area (Å²) in [6.07, 6.45) is -4.56. The average molecular weight is 373 g/mol. The maximum atomic E-state index is 13.5. The summed E-state index contributed by atoms with van der Waals surface area (Å²) < 4.78 is 49.6. The van der Waals surface area contributed by atoms with Crippen molar-refractivity contribution >= 4 is 27.5 Å². The second kappa shape index (κ2) is 6.37. The van der Waals surface area contributed by atoms with Crippen LogP contribution in [-0.4, -0.2) is 23.6 Å². The molecule has 1 N–H and O–H groups in total. The molecule has 1 atom stereocenters. The number of alkyl halides is 3. The monoisotopic (exact) mass is 372 g/mol. The van der Waals surface area contributed by atoms with Crippen LogP contribution in [0.15, 0.2) is 16.6 Å². The number of carbonyl (C=O) groups is 1. The molecule has 0 radical (unpaired) electrons. The Hall–Kier alpha value is -1.71. The Morgan fingerprint density at radius 2 is 2.05 bits per heavy atom. The minimum Gasteiger partial charge on any atom is -0.346 e. The maximum absolute atomic E-state index is 13.5. The summed E-state index contributed by atoms with van der Waals surface area (Å²) in [5, 5.41) is 12.2. The van der Waals surface area contributed by atoms with Crippen molar-refractivity contribution < 1.29 is 27.3 Å². The molecule has 0 aromatic heterocycles. The molecule has 1 amide bonds. The van der Waals surface area contributed by atoms with Crippen molar-refractivity contribution in [3.63, 3.8) is 0 Å². The Bertz CT molecular complexity index is 577. The Balaban J connectivity index is 2.97. The Kier molecular flexibility index (Phi) is 5.26. The van der Waals surface area contributed by atoms with E-state index in [-0.39, 0.29) is 10.0 Å². The largest absolute Gasteiger partial charge is 0.405 e. The Labute approximate surface area is 124 Å². The third-order valence-electron chi connectivity index (χ3n) is 2.59. The van der Waals surface area contributed by atoms with Crippen LogP contribution in [-0.2, 0) is 4.79 Å². The van der Waals surface area contributed by atoms with Crippen molar-refractivity contribution in [3.05, 3.63) is 38.1 Å². The van der Waals surface area contributed by atoms with Crippen LogP contribution in [0.5, 0.6) is 0 Å². The number of hydrogen-bond acceptors (Lipinski definition) is 3. The summed E-state index contributed by atoms with van der Waals surface area (Å²) in [5.74, 6) is -3.26. The zero-order valence-corrected chi connectivity index (χ0v) is 12.1. The van der Waals surface area contributed by atoms with E-state index in [1.54, 1.807) is 5.32 Å². The lowest BCUT2D eigenvalue weighted by Gasteiger charge is -2.15. The van der Waals surface area contributed by atoms with E-state index in [9.17, 15) is 32.5 Å². The zero-order valence-electron chi connectivity index (χ0n) is 10.5. The molecule has 0 saturated carbocycles. The fraction of sp³-hybridized carbons (Fsp3) is 0.364. The standard InChI is InChI=1S/C11H9BrF4N2O3/c1-5(10(19)17-4-11(14,15)16)6-2-8(13)9(18(20)21)3-7(6)12/h2-3,5H,4H2,1H3,(H,17,19). The van der Waals surface area contributed by atoms with Crippen LogP contribution in [0.4, 0.5) is 23.2 Å². The molecule has 0 heterocycles. The number of hydrogen-bond donors (Lipinski definition) is 1. The summed E-state index contributed by atoms with van der Waals surface area (Å²) in [7, 11) is 0. The highest BCUT2D eigenvalue weighted by atomic mass is 79.9. The molecule has 21 heavy (non-hydrogen) atoms. The number of benzene rings is 1. The van der Waals surface area contributed by atoms with Crippen LogP contribution < -0.4 is 5.32 Å². The highest BCUT2D eigenvalue weighted by Crippen LogP contribution is 2.31. The number of nitrogens with zero attached hydrogens (tertiary/aromatic N) is 1. The molecule has 0 aliphatic heterocycles. The molecule has 0 bridgehead atoms. The number of rotatable bonds is 4. The molecule has 0 saturated heterocycles. The molecule has 1 rings (SSSR count). The van der Waals surface area contributed by atoms with Gasteiger partial charge in [-0.15, -0.1) is 0 Å². The minimum atomic E-state index is -4.56. The molecule has 1 aromatic carbocycles. The Morgan fingerprint density at radius 3 is 2.52 bits per heavy atom. The normalized spacial score (nSPS) is 12.9. The summed E-state index contributed by atoms with van der Waals surface area (Å²) in [5.41, 5.74) is -0.786. The third kappa shape index (κ3) is 4.66. The SMILES string of the molecule is CC(C(=O)NCC(F)(F)F)c1cc(F)c([N+](=O)[O-])cc1Br. The van der Waals surface area contributed by atoms with Crippen LogP contribution in [0, 0.1) is 15.9 Å². The van der Waals surface area contributed by atoms with Gasteiger partial charge in [0.2, 0.25) is 11.7 Å². The van der Waals surface area contributed by atoms with E-state index >= 15 is 0 Å². The van der Waals surface area contributed by atoms with E-state index in [2.05, 4.69) is 15.9 Å². The summed E-state index contributed by atoms with van der Waals surface area (Å²) in [4.78, 5) is 21.2. The van der Waals surface area contributed by atoms with E-state index in [0.29, 0.717) is 0 Å². The molecule has 1 aromatic rings. The highest BCUT2D eigenvalue weighted by molar-refractivity contribution is 9.10. The van der Waals surface area contributed by atoms with E-state index < -0.39 is 41.0 Å². The van der Waals surface area contributed by atoms with Gasteiger partial charge in [-0.25, -0.2) is 0 Å². The summed E-state index contributed by atoms with van der Waals surface area (Å²) in [6, 6.07) is 1.61. The van der Waals surface area contributed by atoms with Gasteiger partial charge in [-0.05, 0) is 18.6 Å². The van der Waals surface area contributed by atoms with E-state index in [0.717, 1.165) is 12.1 Å². The van der Waals surface area contributed by atoms with Gasteiger partial charge in [-0.2, -0.15) is 17.6 Å². The maximum Gasteiger partial charge on any atom is 0.405 e. The van der Waals surface area contributed by atoms with E-state index in [1.165, 1.54) is 6.92 Å². The van der Waals surface area contributed by atoms with Crippen LogP contribution >= 0.6 is 15.9 Å². The van der Waals surface area contributed by atoms with Gasteiger partial charge in [0.05, 0.1) is 10.8 Å². The van der Waals surface area contributed by atoms with Crippen LogP contribution in [0.25, 0.3) is 0 Å². The minimum absolute atomic E-state index is 0.0118. The third-order valence-corrected chi connectivity index (χ3v) is 3.27. The number of nitro groups is 1. The molecule has 0 fully saturated rings. The van der Waals surface area contributed by atoms with Crippen molar-refractivity contribution in [2.75, 3.05) is 6.54 Å². The van der Waals surface area contributed by atoms with Crippen LogP contribution in [0.3, 0.4) is 0 Å². The second-order valence-corrected chi connectivity index (χ2v) is 4.99. The van der Waals surface area contributed by atoms with Gasteiger partial charge in [-0.1, -0.05) is 15.9 Å². The van der Waals surface area contributed by atoms with E-state index in [4.69, 9.17) is 0 Å². The van der Waals surface area contributed by atoms with Gasteiger partial charge in [-0.3, -0.25) is 14.9 Å². The van der Waals surface area contributed by atoms with Gasteiger partial charge in [0.25, 0.3) is 0 Å². The topological polar surface area (TPSA) is 72.2 Å². The molecule has 1 unspecified atom stereocenters. The van der Waals surface area contributed by atoms with Crippen LogP contribution in [0.1, 0.15) is 18.4 Å². The van der Waals surface area contributed by atoms with Gasteiger partial charge in [0.15, 0.2) is 0 Å². The van der Waals surface area contributed by atoms with Crippen molar-refractivity contribution in [2.45, 2.75) is 19.0 Å². The van der Waals surface area contributed by atoms with Gasteiger partial charge in [0.1, 0.15) is 6.54 Å². The first-order chi connectivity index (χ1) is 9.53. The molecule has 0 aliphatic rings. The first-order valence-corrected chi connectivity index (χ1v) is 6.30. The quantitative estimate of drug-likeness (QED) is 0.500. The van der Waals surface area contributed by atoms with Crippen molar-refractivity contribution in [1.82, 2.24) is 5.32 Å². The van der Waals surface area contributed by atoms with E-state index in [1.807, 2.05) is 0 Å². The molecule has 10 heteroatoms. The zero-order chi connectivity index (χ0) is 16.4. The predicted molar refractivity (Wildman–Crippen MR) is 68.2 cm³/mol. The first-order valence-electron chi connectivity index (χ1n) is 5.50. The fourth-order valence-corrected chi connectivity index (χ4v) is 2.18. The smallest absolute Gasteiger partial charge is 0.346 e. The molecular formula is C11H9BrF4N2O3. The summed E-state index contributed by atoms with van der Waals surface area (Å²) in [6.45, 7) is -0.250. The lowest BCUT2D eigenvalue weighted by molar-refractivity contribution is -0.387. The first kappa shape index (κ1) is 17.3. The van der Waals surface area contributed by atoms with Gasteiger partial charge < -0.3 is 5.32 Å². The lowest BCUT2D eigenvalue weighted by Crippen LogP contribution is -2.36. The number of amides is 1. The highest BCUT2D eigenvalue weighted by Gasteiger charge is 2.30. The number of nitro benzene ring substituents is 1. The van der Waals surface area contributed by atoms with Gasteiger partial charge in [0, 0.05) is 10.5 Å². The average Bonchev–Trinajstić information content (AvgIpc) is 2.36. The molecule has 5 nitrogen and oxygen atoms in total.